The lowest BCUT2D eigenvalue weighted by molar-refractivity contribution is -0.137. The van der Waals surface area contributed by atoms with Gasteiger partial charge in [-0.05, 0) is 42.3 Å². The Morgan fingerprint density at radius 2 is 1.50 bits per heavy atom. The summed E-state index contributed by atoms with van der Waals surface area (Å²) in [6.45, 7) is 0.276. The third kappa shape index (κ3) is 5.45. The summed E-state index contributed by atoms with van der Waals surface area (Å²) in [5.74, 6) is 1.64. The van der Waals surface area contributed by atoms with Gasteiger partial charge >= 0.3 is 12.2 Å². The zero-order chi connectivity index (χ0) is 20.7. The van der Waals surface area contributed by atoms with Crippen LogP contribution in [0.2, 0.25) is 0 Å². The molecule has 0 spiro atoms. The first-order chi connectivity index (χ1) is 13.3. The molecular weight excluding hydrogens is 377 g/mol. The maximum Gasteiger partial charge on any atom is 0.416 e. The average molecular weight is 398 g/mol. The molecule has 9 heteroatoms. The van der Waals surface area contributed by atoms with Crippen molar-refractivity contribution in [2.45, 2.75) is 12.6 Å². The average Bonchev–Trinajstić information content (AvgIpc) is 2.67. The molecule has 0 heterocycles. The van der Waals surface area contributed by atoms with Crippen molar-refractivity contribution in [3.8, 4) is 17.2 Å². The van der Waals surface area contributed by atoms with Gasteiger partial charge in [-0.25, -0.2) is 4.79 Å². The van der Waals surface area contributed by atoms with Gasteiger partial charge in [0.1, 0.15) is 5.75 Å². The summed E-state index contributed by atoms with van der Waals surface area (Å²) in [6, 6.07) is 7.12. The highest BCUT2D eigenvalue weighted by Gasteiger charge is 2.29. The van der Waals surface area contributed by atoms with Gasteiger partial charge in [-0.2, -0.15) is 13.2 Å². The van der Waals surface area contributed by atoms with Crippen LogP contribution in [0.4, 0.5) is 23.7 Å². The molecule has 0 unspecified atom stereocenters. The van der Waals surface area contributed by atoms with Gasteiger partial charge in [-0.3, -0.25) is 0 Å². The number of ether oxygens (including phenoxy) is 3. The number of anilines is 1. The number of nitrogens with one attached hydrogen (secondary N) is 2. The number of methoxy groups -OCH3 is 3. The monoisotopic (exact) mass is 398 g/mol. The Kier molecular flexibility index (Phi) is 6.97. The van der Waals surface area contributed by atoms with Crippen LogP contribution in [0, 0.1) is 0 Å². The Hall–Kier alpha value is -3.10. The van der Waals surface area contributed by atoms with Crippen LogP contribution >= 0.6 is 0 Å². The van der Waals surface area contributed by atoms with Crippen LogP contribution in [0.5, 0.6) is 17.2 Å². The minimum atomic E-state index is -4.42. The van der Waals surface area contributed by atoms with E-state index in [-0.39, 0.29) is 12.2 Å². The quantitative estimate of drug-likeness (QED) is 0.737. The molecule has 2 rings (SSSR count). The number of amides is 2. The SMILES string of the molecule is COc1cc(OC)c(OC)cc1CCNC(=O)Nc1ccc(C(F)(F)F)cc1. The second kappa shape index (κ2) is 9.20. The van der Waals surface area contributed by atoms with Crippen molar-refractivity contribution in [2.75, 3.05) is 33.2 Å². The second-order valence-electron chi connectivity index (χ2n) is 5.73. The Morgan fingerprint density at radius 3 is 2.04 bits per heavy atom. The van der Waals surface area contributed by atoms with Gasteiger partial charge < -0.3 is 24.8 Å². The zero-order valence-corrected chi connectivity index (χ0v) is 15.6. The molecule has 2 aromatic rings. The van der Waals surface area contributed by atoms with Crippen LogP contribution in [0.1, 0.15) is 11.1 Å². The van der Waals surface area contributed by atoms with E-state index in [4.69, 9.17) is 14.2 Å². The second-order valence-corrected chi connectivity index (χ2v) is 5.73. The minimum Gasteiger partial charge on any atom is -0.496 e. The van der Waals surface area contributed by atoms with Gasteiger partial charge in [0.15, 0.2) is 11.5 Å². The third-order valence-electron chi connectivity index (χ3n) is 3.94. The van der Waals surface area contributed by atoms with Crippen molar-refractivity contribution in [1.29, 1.82) is 0 Å². The van der Waals surface area contributed by atoms with Crippen molar-refractivity contribution in [3.05, 3.63) is 47.5 Å². The van der Waals surface area contributed by atoms with E-state index in [1.807, 2.05) is 0 Å². The number of hydrogen-bond acceptors (Lipinski definition) is 4. The van der Waals surface area contributed by atoms with E-state index in [1.54, 1.807) is 12.1 Å². The van der Waals surface area contributed by atoms with E-state index < -0.39 is 17.8 Å². The molecule has 0 saturated carbocycles. The van der Waals surface area contributed by atoms with E-state index in [2.05, 4.69) is 10.6 Å². The molecule has 0 aromatic heterocycles. The predicted molar refractivity (Wildman–Crippen MR) is 98.3 cm³/mol. The van der Waals surface area contributed by atoms with Crippen molar-refractivity contribution < 1.29 is 32.2 Å². The molecule has 0 atom stereocenters. The smallest absolute Gasteiger partial charge is 0.416 e. The normalized spacial score (nSPS) is 10.9. The third-order valence-corrected chi connectivity index (χ3v) is 3.94. The number of hydrogen-bond donors (Lipinski definition) is 2. The van der Waals surface area contributed by atoms with Crippen LogP contribution in [-0.2, 0) is 12.6 Å². The standard InChI is InChI=1S/C19H21F3N2O4/c1-26-15-11-17(28-3)16(27-2)10-12(15)8-9-23-18(25)24-14-6-4-13(5-7-14)19(20,21)22/h4-7,10-11H,8-9H2,1-3H3,(H2,23,24,25). The molecule has 0 fully saturated rings. The van der Waals surface area contributed by atoms with Crippen LogP contribution < -0.4 is 24.8 Å². The molecular formula is C19H21F3N2O4. The number of urea groups is 1. The summed E-state index contributed by atoms with van der Waals surface area (Å²) in [5, 5.41) is 5.12. The Balaban J connectivity index is 1.93. The number of carbonyl (C=O) groups is 1. The first-order valence-corrected chi connectivity index (χ1v) is 8.29. The van der Waals surface area contributed by atoms with Gasteiger partial charge in [0, 0.05) is 18.3 Å². The molecule has 28 heavy (non-hydrogen) atoms. The van der Waals surface area contributed by atoms with Crippen LogP contribution in [0.3, 0.4) is 0 Å². The van der Waals surface area contributed by atoms with Crippen molar-refractivity contribution in [1.82, 2.24) is 5.32 Å². The number of alkyl halides is 3. The number of benzene rings is 2. The lowest BCUT2D eigenvalue weighted by atomic mass is 10.1. The Bertz CT molecular complexity index is 808. The van der Waals surface area contributed by atoms with Gasteiger partial charge in [0.25, 0.3) is 0 Å². The number of rotatable bonds is 7. The molecule has 6 nitrogen and oxygen atoms in total. The molecule has 152 valence electrons. The molecule has 2 N–H and O–H groups in total. The summed E-state index contributed by atoms with van der Waals surface area (Å²) < 4.78 is 53.4. The van der Waals surface area contributed by atoms with Crippen molar-refractivity contribution in [2.24, 2.45) is 0 Å². The van der Waals surface area contributed by atoms with Crippen LogP contribution in [0.25, 0.3) is 0 Å². The summed E-state index contributed by atoms with van der Waals surface area (Å²) in [7, 11) is 4.56. The molecule has 2 aromatic carbocycles. The summed E-state index contributed by atoms with van der Waals surface area (Å²) in [4.78, 5) is 11.9. The lowest BCUT2D eigenvalue weighted by Crippen LogP contribution is -2.30. The van der Waals surface area contributed by atoms with Crippen molar-refractivity contribution in [3.63, 3.8) is 0 Å². The fraction of sp³-hybridized carbons (Fsp3) is 0.316. The topological polar surface area (TPSA) is 68.8 Å². The molecule has 2 amide bonds. The van der Waals surface area contributed by atoms with Crippen molar-refractivity contribution >= 4 is 11.7 Å². The molecule has 0 saturated heterocycles. The van der Waals surface area contributed by atoms with E-state index in [9.17, 15) is 18.0 Å². The summed E-state index contributed by atoms with van der Waals surface area (Å²) in [5.41, 5.74) is 0.281. The molecule has 0 aliphatic heterocycles. The van der Waals surface area contributed by atoms with Crippen LogP contribution in [0.15, 0.2) is 36.4 Å². The number of halogens is 3. The highest BCUT2D eigenvalue weighted by Crippen LogP contribution is 2.34. The Morgan fingerprint density at radius 1 is 0.929 bits per heavy atom. The van der Waals surface area contributed by atoms with E-state index in [0.717, 1.165) is 17.7 Å². The fourth-order valence-corrected chi connectivity index (χ4v) is 2.52. The number of carbonyl (C=O) groups excluding carboxylic acids is 1. The first-order valence-electron chi connectivity index (χ1n) is 8.29. The predicted octanol–water partition coefficient (Wildman–Crippen LogP) is 4.10. The highest BCUT2D eigenvalue weighted by atomic mass is 19.4. The largest absolute Gasteiger partial charge is 0.496 e. The molecule has 0 radical (unpaired) electrons. The lowest BCUT2D eigenvalue weighted by Gasteiger charge is -2.14. The van der Waals surface area contributed by atoms with Gasteiger partial charge in [0.2, 0.25) is 0 Å². The van der Waals surface area contributed by atoms with Gasteiger partial charge in [-0.1, -0.05) is 0 Å². The van der Waals surface area contributed by atoms with E-state index in [1.165, 1.54) is 33.5 Å². The van der Waals surface area contributed by atoms with E-state index in [0.29, 0.717) is 23.7 Å². The minimum absolute atomic E-state index is 0.259. The highest BCUT2D eigenvalue weighted by molar-refractivity contribution is 5.89. The fourth-order valence-electron chi connectivity index (χ4n) is 2.52. The van der Waals surface area contributed by atoms with E-state index >= 15 is 0 Å². The summed E-state index contributed by atoms with van der Waals surface area (Å²) >= 11 is 0. The summed E-state index contributed by atoms with van der Waals surface area (Å²) in [6.07, 6.45) is -3.97. The zero-order valence-electron chi connectivity index (χ0n) is 15.6. The molecule has 0 aliphatic rings. The maximum atomic E-state index is 12.5. The van der Waals surface area contributed by atoms with Crippen LogP contribution in [-0.4, -0.2) is 33.9 Å². The maximum absolute atomic E-state index is 12.5. The van der Waals surface area contributed by atoms with Gasteiger partial charge in [0.05, 0.1) is 26.9 Å². The van der Waals surface area contributed by atoms with Gasteiger partial charge in [-0.15, -0.1) is 0 Å². The molecule has 0 bridgehead atoms. The molecule has 0 aliphatic carbocycles. The first kappa shape index (κ1) is 21.2. The Labute approximate surface area is 160 Å².